The Hall–Kier alpha value is -9.90. The Kier molecular flexibility index (Phi) is 9.76. The number of nitrogens with zero attached hydrogens (tertiary/aromatic N) is 2. The van der Waals surface area contributed by atoms with Gasteiger partial charge in [0, 0.05) is 61.8 Å². The number of fused-ring (bicyclic) bond motifs is 8. The molecule has 75 heavy (non-hydrogen) atoms. The van der Waals surface area contributed by atoms with Crippen LogP contribution in [0.4, 0.5) is 34.1 Å². The molecule has 15 rings (SSSR count). The number of hydrogen-bond acceptors (Lipinski definition) is 4. The van der Waals surface area contributed by atoms with E-state index in [1.54, 1.807) is 0 Å². The number of anilines is 6. The van der Waals surface area contributed by atoms with Gasteiger partial charge in [-0.25, -0.2) is 0 Å². The fourth-order valence-electron chi connectivity index (χ4n) is 12.3. The number of hydrogen-bond donors (Lipinski definition) is 0. The summed E-state index contributed by atoms with van der Waals surface area (Å²) in [5, 5.41) is 4.41. The molecule has 0 saturated heterocycles. The van der Waals surface area contributed by atoms with E-state index in [-0.39, 0.29) is 0 Å². The van der Waals surface area contributed by atoms with Crippen molar-refractivity contribution in [2.45, 2.75) is 5.41 Å². The molecule has 1 aliphatic heterocycles. The van der Waals surface area contributed by atoms with E-state index < -0.39 is 5.41 Å². The van der Waals surface area contributed by atoms with E-state index in [0.29, 0.717) is 0 Å². The third-order valence-corrected chi connectivity index (χ3v) is 15.5. The lowest BCUT2D eigenvalue weighted by Crippen LogP contribution is -2.28. The summed E-state index contributed by atoms with van der Waals surface area (Å²) in [6, 6.07) is 101. The van der Waals surface area contributed by atoms with E-state index in [4.69, 9.17) is 9.15 Å². The van der Waals surface area contributed by atoms with Crippen LogP contribution in [-0.2, 0) is 5.41 Å². The average Bonchev–Trinajstić information content (AvgIpc) is 4.06. The molecule has 0 atom stereocenters. The van der Waals surface area contributed by atoms with Gasteiger partial charge in [-0.2, -0.15) is 0 Å². The Morgan fingerprint density at radius 3 is 1.61 bits per heavy atom. The van der Waals surface area contributed by atoms with Crippen molar-refractivity contribution in [1.29, 1.82) is 0 Å². The molecular formula is C71H46N2O2. The highest BCUT2D eigenvalue weighted by Gasteiger charge is 2.46. The van der Waals surface area contributed by atoms with Crippen LogP contribution in [0, 0.1) is 0 Å². The average molecular weight is 959 g/mol. The Bertz CT molecular complexity index is 4240. The molecule has 1 aliphatic carbocycles. The van der Waals surface area contributed by atoms with E-state index >= 15 is 0 Å². The summed E-state index contributed by atoms with van der Waals surface area (Å²) in [5.41, 5.74) is 18.9. The van der Waals surface area contributed by atoms with E-state index in [1.165, 1.54) is 33.4 Å². The van der Waals surface area contributed by atoms with Crippen LogP contribution in [0.3, 0.4) is 0 Å². The highest BCUT2D eigenvalue weighted by molar-refractivity contribution is 6.11. The van der Waals surface area contributed by atoms with Gasteiger partial charge in [-0.15, -0.1) is 0 Å². The van der Waals surface area contributed by atoms with Crippen LogP contribution in [0.2, 0.25) is 0 Å². The maximum atomic E-state index is 7.48. The van der Waals surface area contributed by atoms with Crippen molar-refractivity contribution in [2.24, 2.45) is 0 Å². The number of ether oxygens (including phenoxy) is 1. The SMILES string of the molecule is c1ccc(N(c2ccccc2)c2ccc3c(c2)Oc2c(N(c4ccc(-c5cccc6c5oc5ccccc56)cc4)c4ccc5c(c4)C(c4ccccc4)(c4ccccc4)c4ccccc4-5)ccc4cccc-3c24)cc1. The normalized spacial score (nSPS) is 12.7. The first-order valence-corrected chi connectivity index (χ1v) is 25.7. The Morgan fingerprint density at radius 1 is 0.333 bits per heavy atom. The van der Waals surface area contributed by atoms with Gasteiger partial charge < -0.3 is 19.0 Å². The molecule has 0 N–H and O–H groups in total. The molecule has 0 fully saturated rings. The first kappa shape index (κ1) is 42.8. The summed E-state index contributed by atoms with van der Waals surface area (Å²) in [7, 11) is 0. The highest BCUT2D eigenvalue weighted by atomic mass is 16.5. The summed E-state index contributed by atoms with van der Waals surface area (Å²) >= 11 is 0. The van der Waals surface area contributed by atoms with E-state index in [9.17, 15) is 0 Å². The molecule has 12 aromatic carbocycles. The molecule has 0 bridgehead atoms. The number of furan rings is 1. The second-order valence-corrected chi connectivity index (χ2v) is 19.5. The van der Waals surface area contributed by atoms with Gasteiger partial charge >= 0.3 is 0 Å². The van der Waals surface area contributed by atoms with E-state index in [1.807, 2.05) is 12.1 Å². The minimum atomic E-state index is -0.592. The predicted molar refractivity (Wildman–Crippen MR) is 309 cm³/mol. The molecular weight excluding hydrogens is 913 g/mol. The molecule has 13 aromatic rings. The Morgan fingerprint density at radius 2 is 0.880 bits per heavy atom. The first-order chi connectivity index (χ1) is 37.2. The van der Waals surface area contributed by atoms with Crippen LogP contribution in [0.25, 0.3) is 66.1 Å². The van der Waals surface area contributed by atoms with Crippen LogP contribution < -0.4 is 14.5 Å². The highest BCUT2D eigenvalue weighted by Crippen LogP contribution is 2.59. The molecule has 4 heteroatoms. The summed E-state index contributed by atoms with van der Waals surface area (Å²) in [6.07, 6.45) is 0. The topological polar surface area (TPSA) is 28.9 Å². The van der Waals surface area contributed by atoms with Crippen molar-refractivity contribution in [3.8, 4) is 44.9 Å². The van der Waals surface area contributed by atoms with E-state index in [0.717, 1.165) is 101 Å². The van der Waals surface area contributed by atoms with Crippen LogP contribution >= 0.6 is 0 Å². The Labute approximate surface area is 435 Å². The van der Waals surface area contributed by atoms with Crippen molar-refractivity contribution in [1.82, 2.24) is 0 Å². The van der Waals surface area contributed by atoms with Gasteiger partial charge in [-0.05, 0) is 123 Å². The van der Waals surface area contributed by atoms with Gasteiger partial charge in [0.25, 0.3) is 0 Å². The van der Waals surface area contributed by atoms with Gasteiger partial charge in [-0.3, -0.25) is 0 Å². The summed E-state index contributed by atoms with van der Waals surface area (Å²) in [5.74, 6) is 1.60. The van der Waals surface area contributed by atoms with E-state index in [2.05, 4.69) is 277 Å². The molecule has 0 spiro atoms. The smallest absolute Gasteiger partial charge is 0.159 e. The lowest BCUT2D eigenvalue weighted by Gasteiger charge is -2.35. The standard InChI is InChI=1S/C71H46N2O2/c1-5-20-49(21-6-1)71(50-22-7-2-8-23-50)63-33-15-13-28-57(63)58-42-40-54(45-64(58)71)73(53-38-35-47(36-39-53)56-30-18-32-62-59-29-14-16-34-66(59)74-69(56)62)65-44-37-48-19-17-31-61-60-43-41-55(46-67(60)75-70(65)68(48)61)72(51-24-9-3-10-25-51)52-26-11-4-12-27-52/h1-46H. The lowest BCUT2D eigenvalue weighted by atomic mass is 9.67. The monoisotopic (exact) mass is 958 g/mol. The van der Waals surface area contributed by atoms with Crippen LogP contribution in [-0.4, -0.2) is 0 Å². The molecule has 2 heterocycles. The third-order valence-electron chi connectivity index (χ3n) is 15.5. The molecule has 0 saturated carbocycles. The summed E-state index contributed by atoms with van der Waals surface area (Å²) in [4.78, 5) is 4.69. The first-order valence-electron chi connectivity index (χ1n) is 25.7. The van der Waals surface area contributed by atoms with Gasteiger partial charge in [0.15, 0.2) is 5.75 Å². The predicted octanol–water partition coefficient (Wildman–Crippen LogP) is 19.5. The van der Waals surface area contributed by atoms with Crippen molar-refractivity contribution in [3.05, 3.63) is 301 Å². The second kappa shape index (κ2) is 17.1. The zero-order valence-electron chi connectivity index (χ0n) is 40.8. The zero-order chi connectivity index (χ0) is 49.5. The minimum Gasteiger partial charge on any atom is -0.455 e. The van der Waals surface area contributed by atoms with Crippen LogP contribution in [0.15, 0.2) is 283 Å². The molecule has 2 aliphatic rings. The second-order valence-electron chi connectivity index (χ2n) is 19.5. The molecule has 4 nitrogen and oxygen atoms in total. The quantitative estimate of drug-likeness (QED) is 0.144. The number of rotatable bonds is 9. The van der Waals surface area contributed by atoms with Gasteiger partial charge in [-0.1, -0.05) is 200 Å². The Balaban J connectivity index is 0.952. The van der Waals surface area contributed by atoms with Crippen LogP contribution in [0.5, 0.6) is 11.5 Å². The molecule has 0 radical (unpaired) electrons. The largest absolute Gasteiger partial charge is 0.455 e. The number of para-hydroxylation sites is 4. The van der Waals surface area contributed by atoms with Gasteiger partial charge in [0.1, 0.15) is 16.9 Å². The van der Waals surface area contributed by atoms with Crippen molar-refractivity contribution < 1.29 is 9.15 Å². The lowest BCUT2D eigenvalue weighted by molar-refractivity contribution is 0.488. The van der Waals surface area contributed by atoms with Gasteiger partial charge in [0.2, 0.25) is 0 Å². The van der Waals surface area contributed by atoms with Gasteiger partial charge in [0.05, 0.1) is 11.1 Å². The van der Waals surface area contributed by atoms with Crippen molar-refractivity contribution in [3.63, 3.8) is 0 Å². The maximum absolute atomic E-state index is 7.48. The third kappa shape index (κ3) is 6.63. The zero-order valence-corrected chi connectivity index (χ0v) is 40.8. The summed E-state index contributed by atoms with van der Waals surface area (Å²) in [6.45, 7) is 0. The molecule has 0 amide bonds. The molecule has 352 valence electrons. The molecule has 1 aromatic heterocycles. The maximum Gasteiger partial charge on any atom is 0.159 e. The van der Waals surface area contributed by atoms with Crippen molar-refractivity contribution in [2.75, 3.05) is 9.80 Å². The number of benzene rings is 12. The minimum absolute atomic E-state index is 0.592. The fraction of sp³-hybridized carbons (Fsp3) is 0.0141. The fourth-order valence-corrected chi connectivity index (χ4v) is 12.3. The summed E-state index contributed by atoms with van der Waals surface area (Å²) < 4.78 is 14.1. The van der Waals surface area contributed by atoms with Crippen molar-refractivity contribution >= 4 is 66.8 Å². The van der Waals surface area contributed by atoms with Crippen LogP contribution in [0.1, 0.15) is 22.3 Å². The molecule has 0 unspecified atom stereocenters.